The Hall–Kier alpha value is -1.63. The van der Waals surface area contributed by atoms with Crippen molar-refractivity contribution in [1.82, 2.24) is 9.80 Å². The second kappa shape index (κ2) is 12.9. The molecule has 1 unspecified atom stereocenters. The van der Waals surface area contributed by atoms with E-state index in [0.29, 0.717) is 13.0 Å². The summed E-state index contributed by atoms with van der Waals surface area (Å²) in [7, 11) is 6.03. The Labute approximate surface area is 239 Å². The highest BCUT2D eigenvalue weighted by atomic mass is 16.5. The minimum Gasteiger partial charge on any atom is -0.497 e. The molecule has 0 spiro atoms. The van der Waals surface area contributed by atoms with E-state index in [0.717, 1.165) is 37.0 Å². The van der Waals surface area contributed by atoms with Crippen LogP contribution in [0.5, 0.6) is 5.75 Å². The van der Waals surface area contributed by atoms with Gasteiger partial charge in [-0.05, 0) is 106 Å². The van der Waals surface area contributed by atoms with Crippen LogP contribution in [-0.4, -0.2) is 77.9 Å². The summed E-state index contributed by atoms with van der Waals surface area (Å²) in [5.74, 6) is 0.305. The largest absolute Gasteiger partial charge is 0.497 e. The summed E-state index contributed by atoms with van der Waals surface area (Å²) in [6, 6.07) is 7.95. The van der Waals surface area contributed by atoms with Crippen molar-refractivity contribution in [2.75, 3.05) is 27.8 Å². The zero-order valence-corrected chi connectivity index (χ0v) is 27.3. The molecule has 0 saturated carbocycles. The quantitative estimate of drug-likeness (QED) is 0.337. The predicted molar refractivity (Wildman–Crippen MR) is 161 cm³/mol. The van der Waals surface area contributed by atoms with Gasteiger partial charge in [-0.3, -0.25) is 14.6 Å². The van der Waals surface area contributed by atoms with E-state index in [4.69, 9.17) is 14.2 Å². The molecule has 2 fully saturated rings. The number of likely N-dealkylation sites (tertiary alicyclic amines) is 2. The van der Waals surface area contributed by atoms with E-state index < -0.39 is 0 Å². The molecule has 0 N–H and O–H groups in total. The van der Waals surface area contributed by atoms with Crippen LogP contribution in [-0.2, 0) is 20.7 Å². The van der Waals surface area contributed by atoms with Crippen molar-refractivity contribution in [3.8, 4) is 5.75 Å². The first-order chi connectivity index (χ1) is 18.0. The molecule has 0 amide bonds. The first kappa shape index (κ1) is 33.6. The van der Waals surface area contributed by atoms with Crippen LogP contribution in [0.2, 0.25) is 0 Å². The van der Waals surface area contributed by atoms with Crippen LogP contribution in [0.25, 0.3) is 0 Å². The number of nitrogens with zero attached hydrogens (tertiary/aromatic N) is 2. The van der Waals surface area contributed by atoms with E-state index in [2.05, 4.69) is 79.3 Å². The number of rotatable bonds is 8. The van der Waals surface area contributed by atoms with Gasteiger partial charge in [0.2, 0.25) is 0 Å². The molecule has 39 heavy (non-hydrogen) atoms. The van der Waals surface area contributed by atoms with Crippen molar-refractivity contribution in [2.24, 2.45) is 5.92 Å². The second-order valence-electron chi connectivity index (χ2n) is 13.9. The molecular formula is C33H58N2O4. The van der Waals surface area contributed by atoms with Gasteiger partial charge in [-0.15, -0.1) is 0 Å². The lowest BCUT2D eigenvalue weighted by atomic mass is 9.78. The van der Waals surface area contributed by atoms with Crippen molar-refractivity contribution < 1.29 is 19.0 Å². The average molecular weight is 547 g/mol. The van der Waals surface area contributed by atoms with Gasteiger partial charge in [-0.25, -0.2) is 0 Å². The summed E-state index contributed by atoms with van der Waals surface area (Å²) in [6.07, 6.45) is 4.12. The Morgan fingerprint density at radius 2 is 1.21 bits per heavy atom. The van der Waals surface area contributed by atoms with E-state index in [1.54, 1.807) is 7.11 Å². The smallest absolute Gasteiger partial charge is 0.311 e. The number of ether oxygens (including phenoxy) is 3. The zero-order chi connectivity index (χ0) is 29.8. The van der Waals surface area contributed by atoms with Gasteiger partial charge in [0.1, 0.15) is 11.9 Å². The molecule has 1 aromatic rings. The van der Waals surface area contributed by atoms with Crippen LogP contribution in [0.15, 0.2) is 24.3 Å². The van der Waals surface area contributed by atoms with Crippen LogP contribution < -0.4 is 4.74 Å². The molecule has 0 aromatic heterocycles. The number of esters is 1. The summed E-state index contributed by atoms with van der Waals surface area (Å²) >= 11 is 0. The van der Waals surface area contributed by atoms with E-state index in [1.165, 1.54) is 0 Å². The number of methoxy groups -OCH3 is 1. The zero-order valence-electron chi connectivity index (χ0n) is 27.3. The number of hydrogen-bond donors (Lipinski definition) is 0. The summed E-state index contributed by atoms with van der Waals surface area (Å²) in [5, 5.41) is 0. The lowest BCUT2D eigenvalue weighted by molar-refractivity contribution is -0.168. The summed E-state index contributed by atoms with van der Waals surface area (Å²) < 4.78 is 18.1. The minimum atomic E-state index is -0.356. The SMILES string of the molecule is CC.COc1ccc(CC(COC2CC(C)(C)N(C)C(C)(C)C2)C(=O)OC2CC(C)(C)N(C)C(C)(C)C2)cc1. The van der Waals surface area contributed by atoms with Crippen LogP contribution in [0, 0.1) is 5.92 Å². The van der Waals surface area contributed by atoms with E-state index in [9.17, 15) is 4.79 Å². The predicted octanol–water partition coefficient (Wildman–Crippen LogP) is 6.74. The number of benzene rings is 1. The lowest BCUT2D eigenvalue weighted by Gasteiger charge is -2.53. The third kappa shape index (κ3) is 8.43. The molecule has 224 valence electrons. The summed E-state index contributed by atoms with van der Waals surface area (Å²) in [6.45, 7) is 22.4. The molecule has 6 heteroatoms. The Morgan fingerprint density at radius 3 is 1.62 bits per heavy atom. The third-order valence-electron chi connectivity index (χ3n) is 9.33. The highest BCUT2D eigenvalue weighted by molar-refractivity contribution is 5.73. The van der Waals surface area contributed by atoms with Gasteiger partial charge < -0.3 is 14.2 Å². The molecule has 1 aromatic carbocycles. The normalized spacial score (nSPS) is 23.8. The van der Waals surface area contributed by atoms with E-state index >= 15 is 0 Å². The van der Waals surface area contributed by atoms with Crippen LogP contribution >= 0.6 is 0 Å². The molecule has 3 rings (SSSR count). The molecule has 1 atom stereocenters. The maximum atomic E-state index is 13.7. The van der Waals surface area contributed by atoms with Crippen molar-refractivity contribution in [3.05, 3.63) is 29.8 Å². The topological polar surface area (TPSA) is 51.2 Å². The number of piperidine rings is 2. The standard InChI is InChI=1S/C31H52N2O4.C2H6/c1-28(2)17-25(18-29(3,4)32(28)9)36-21-23(16-22-12-14-24(35-11)15-13-22)27(34)37-26-19-30(5,6)33(10)31(7,8)20-26;1-2/h12-15,23,25-26H,16-21H2,1-11H3;1-2H3. The number of hydrogen-bond acceptors (Lipinski definition) is 6. The Kier molecular flexibility index (Phi) is 11.1. The first-order valence-electron chi connectivity index (χ1n) is 14.9. The van der Waals surface area contributed by atoms with Gasteiger partial charge >= 0.3 is 5.97 Å². The van der Waals surface area contributed by atoms with Crippen LogP contribution in [0.3, 0.4) is 0 Å². The lowest BCUT2D eigenvalue weighted by Crippen LogP contribution is -2.60. The molecule has 2 aliphatic heterocycles. The highest BCUT2D eigenvalue weighted by Gasteiger charge is 2.46. The third-order valence-corrected chi connectivity index (χ3v) is 9.33. The molecule has 0 bridgehead atoms. The van der Waals surface area contributed by atoms with Gasteiger partial charge in [0.05, 0.1) is 25.7 Å². The molecule has 2 heterocycles. The first-order valence-corrected chi connectivity index (χ1v) is 14.9. The molecule has 2 aliphatic rings. The molecule has 2 saturated heterocycles. The van der Waals surface area contributed by atoms with Gasteiger partial charge in [-0.2, -0.15) is 0 Å². The maximum absolute atomic E-state index is 13.7. The monoisotopic (exact) mass is 546 g/mol. The maximum Gasteiger partial charge on any atom is 0.311 e. The Balaban J connectivity index is 0.00000260. The fourth-order valence-electron chi connectivity index (χ4n) is 6.53. The van der Waals surface area contributed by atoms with Crippen LogP contribution in [0.4, 0.5) is 0 Å². The van der Waals surface area contributed by atoms with Gasteiger partial charge in [0.15, 0.2) is 0 Å². The Morgan fingerprint density at radius 1 is 0.795 bits per heavy atom. The van der Waals surface area contributed by atoms with Crippen molar-refractivity contribution in [3.63, 3.8) is 0 Å². The van der Waals surface area contributed by atoms with Crippen molar-refractivity contribution in [2.45, 2.75) is 136 Å². The van der Waals surface area contributed by atoms with E-state index in [1.807, 2.05) is 38.1 Å². The molecule has 6 nitrogen and oxygen atoms in total. The number of carbonyl (C=O) groups is 1. The molecule has 0 aliphatic carbocycles. The number of carbonyl (C=O) groups excluding carboxylic acids is 1. The van der Waals surface area contributed by atoms with Gasteiger partial charge in [0, 0.05) is 35.0 Å². The second-order valence-corrected chi connectivity index (χ2v) is 13.9. The van der Waals surface area contributed by atoms with Crippen molar-refractivity contribution in [1.29, 1.82) is 0 Å². The highest BCUT2D eigenvalue weighted by Crippen LogP contribution is 2.40. The molecule has 0 radical (unpaired) electrons. The Bertz CT molecular complexity index is 886. The van der Waals surface area contributed by atoms with Crippen LogP contribution in [0.1, 0.15) is 100 Å². The summed E-state index contributed by atoms with van der Waals surface area (Å²) in [4.78, 5) is 18.5. The van der Waals surface area contributed by atoms with E-state index in [-0.39, 0.29) is 46.3 Å². The molecular weight excluding hydrogens is 488 g/mol. The minimum absolute atomic E-state index is 0.0314. The van der Waals surface area contributed by atoms with Gasteiger partial charge in [-0.1, -0.05) is 26.0 Å². The average Bonchev–Trinajstić information content (AvgIpc) is 2.84. The van der Waals surface area contributed by atoms with Gasteiger partial charge in [0.25, 0.3) is 0 Å². The fraction of sp³-hybridized carbons (Fsp3) is 0.788. The summed E-state index contributed by atoms with van der Waals surface area (Å²) in [5.41, 5.74) is 1.06. The fourth-order valence-corrected chi connectivity index (χ4v) is 6.53. The van der Waals surface area contributed by atoms with Crippen molar-refractivity contribution >= 4 is 5.97 Å².